The molecule has 1 N–H and O–H groups in total. The summed E-state index contributed by atoms with van der Waals surface area (Å²) < 4.78 is 0. The Morgan fingerprint density at radius 2 is 2.40 bits per heavy atom. The molecule has 82 valence electrons. The SMILES string of the molecule is CNCC1CSc2cccc(Cl)c2N1C. The van der Waals surface area contributed by atoms with E-state index in [2.05, 4.69) is 23.3 Å². The van der Waals surface area contributed by atoms with Crippen molar-refractivity contribution in [3.05, 3.63) is 23.2 Å². The van der Waals surface area contributed by atoms with Crippen molar-refractivity contribution in [3.8, 4) is 0 Å². The van der Waals surface area contributed by atoms with Crippen LogP contribution in [0.3, 0.4) is 0 Å². The Balaban J connectivity index is 2.32. The van der Waals surface area contributed by atoms with Gasteiger partial charge < -0.3 is 10.2 Å². The maximum atomic E-state index is 6.23. The lowest BCUT2D eigenvalue weighted by Crippen LogP contribution is -2.43. The van der Waals surface area contributed by atoms with E-state index in [-0.39, 0.29) is 0 Å². The molecule has 0 aliphatic carbocycles. The number of para-hydroxylation sites is 1. The number of nitrogens with zero attached hydrogens (tertiary/aromatic N) is 1. The molecule has 1 heterocycles. The lowest BCUT2D eigenvalue weighted by Gasteiger charge is -2.36. The highest BCUT2D eigenvalue weighted by atomic mass is 35.5. The second-order valence-corrected chi connectivity index (χ2v) is 5.19. The minimum atomic E-state index is 0.521. The van der Waals surface area contributed by atoms with Crippen molar-refractivity contribution in [2.24, 2.45) is 0 Å². The second kappa shape index (κ2) is 4.64. The van der Waals surface area contributed by atoms with Gasteiger partial charge in [0.05, 0.1) is 16.8 Å². The standard InChI is InChI=1S/C11H15ClN2S/c1-13-6-8-7-15-10-5-3-4-9(12)11(10)14(8)2/h3-5,8,13H,6-7H2,1-2H3. The van der Waals surface area contributed by atoms with Gasteiger partial charge in [-0.25, -0.2) is 0 Å². The van der Waals surface area contributed by atoms with Gasteiger partial charge in [-0.2, -0.15) is 0 Å². The van der Waals surface area contributed by atoms with Crippen molar-refractivity contribution in [2.75, 3.05) is 31.3 Å². The molecule has 0 saturated heterocycles. The van der Waals surface area contributed by atoms with Crippen LogP contribution < -0.4 is 10.2 Å². The van der Waals surface area contributed by atoms with Crippen LogP contribution in [0.15, 0.2) is 23.1 Å². The van der Waals surface area contributed by atoms with Gasteiger partial charge in [0, 0.05) is 24.2 Å². The van der Waals surface area contributed by atoms with E-state index in [0.717, 1.165) is 17.3 Å². The van der Waals surface area contributed by atoms with E-state index in [9.17, 15) is 0 Å². The Labute approximate surface area is 100.0 Å². The number of benzene rings is 1. The Morgan fingerprint density at radius 1 is 1.60 bits per heavy atom. The van der Waals surface area contributed by atoms with Gasteiger partial charge in [0.25, 0.3) is 0 Å². The van der Waals surface area contributed by atoms with Crippen LogP contribution in [0.1, 0.15) is 0 Å². The van der Waals surface area contributed by atoms with Gasteiger partial charge >= 0.3 is 0 Å². The van der Waals surface area contributed by atoms with Gasteiger partial charge in [0.2, 0.25) is 0 Å². The first-order chi connectivity index (χ1) is 7.24. The Bertz CT molecular complexity index is 356. The van der Waals surface area contributed by atoms with Crippen LogP contribution in [0.4, 0.5) is 5.69 Å². The number of likely N-dealkylation sites (N-methyl/N-ethyl adjacent to an activating group) is 2. The summed E-state index contributed by atoms with van der Waals surface area (Å²) in [6, 6.07) is 6.63. The molecule has 0 fully saturated rings. The first-order valence-corrected chi connectivity index (χ1v) is 6.39. The topological polar surface area (TPSA) is 15.3 Å². The van der Waals surface area contributed by atoms with E-state index in [1.807, 2.05) is 30.9 Å². The first kappa shape index (κ1) is 11.1. The summed E-state index contributed by atoms with van der Waals surface area (Å²) in [5, 5.41) is 4.07. The average Bonchev–Trinajstić information content (AvgIpc) is 2.22. The Morgan fingerprint density at radius 3 is 3.13 bits per heavy atom. The minimum Gasteiger partial charge on any atom is -0.367 e. The molecule has 4 heteroatoms. The van der Waals surface area contributed by atoms with E-state index < -0.39 is 0 Å². The van der Waals surface area contributed by atoms with E-state index in [4.69, 9.17) is 11.6 Å². The third-order valence-electron chi connectivity index (χ3n) is 2.72. The van der Waals surface area contributed by atoms with E-state index in [0.29, 0.717) is 6.04 Å². The van der Waals surface area contributed by atoms with Crippen molar-refractivity contribution in [1.29, 1.82) is 0 Å². The molecule has 1 aliphatic heterocycles. The molecule has 2 rings (SSSR count). The third-order valence-corrected chi connectivity index (χ3v) is 4.22. The molecule has 1 aliphatic rings. The molecule has 2 nitrogen and oxygen atoms in total. The fourth-order valence-corrected chi connectivity index (χ4v) is 3.51. The quantitative estimate of drug-likeness (QED) is 0.858. The van der Waals surface area contributed by atoms with Gasteiger partial charge in [-0.3, -0.25) is 0 Å². The minimum absolute atomic E-state index is 0.521. The van der Waals surface area contributed by atoms with Crippen LogP contribution in [0.25, 0.3) is 0 Å². The number of hydrogen-bond acceptors (Lipinski definition) is 3. The highest BCUT2D eigenvalue weighted by Crippen LogP contribution is 2.40. The predicted octanol–water partition coefficient (Wildman–Crippen LogP) is 2.47. The zero-order valence-corrected chi connectivity index (χ0v) is 10.5. The Hall–Kier alpha value is -0.380. The van der Waals surface area contributed by atoms with Gasteiger partial charge in [0.1, 0.15) is 0 Å². The fraction of sp³-hybridized carbons (Fsp3) is 0.455. The molecule has 0 saturated carbocycles. The number of hydrogen-bond donors (Lipinski definition) is 1. The Kier molecular flexibility index (Phi) is 3.44. The van der Waals surface area contributed by atoms with E-state index in [1.54, 1.807) is 0 Å². The smallest absolute Gasteiger partial charge is 0.0694 e. The second-order valence-electron chi connectivity index (χ2n) is 3.72. The van der Waals surface area contributed by atoms with E-state index >= 15 is 0 Å². The van der Waals surface area contributed by atoms with Gasteiger partial charge in [-0.15, -0.1) is 11.8 Å². The number of anilines is 1. The predicted molar refractivity (Wildman–Crippen MR) is 68.3 cm³/mol. The molecule has 0 spiro atoms. The largest absolute Gasteiger partial charge is 0.367 e. The lowest BCUT2D eigenvalue weighted by atomic mass is 10.2. The van der Waals surface area contributed by atoms with Crippen molar-refractivity contribution in [3.63, 3.8) is 0 Å². The highest BCUT2D eigenvalue weighted by Gasteiger charge is 2.24. The molecule has 0 bridgehead atoms. The van der Waals surface area contributed by atoms with Crippen LogP contribution in [0.5, 0.6) is 0 Å². The summed E-state index contributed by atoms with van der Waals surface area (Å²) in [4.78, 5) is 3.57. The molecular weight excluding hydrogens is 228 g/mol. The molecule has 1 atom stereocenters. The summed E-state index contributed by atoms with van der Waals surface area (Å²) in [6.07, 6.45) is 0. The molecular formula is C11H15ClN2S. The van der Waals surface area contributed by atoms with Crippen molar-refractivity contribution in [1.82, 2.24) is 5.32 Å². The number of nitrogens with one attached hydrogen (secondary N) is 1. The monoisotopic (exact) mass is 242 g/mol. The highest BCUT2D eigenvalue weighted by molar-refractivity contribution is 7.99. The maximum absolute atomic E-state index is 6.23. The number of halogens is 1. The number of thioether (sulfide) groups is 1. The lowest BCUT2D eigenvalue weighted by molar-refractivity contribution is 0.629. The van der Waals surface area contributed by atoms with Crippen molar-refractivity contribution >= 4 is 29.1 Å². The average molecular weight is 243 g/mol. The van der Waals surface area contributed by atoms with Crippen molar-refractivity contribution < 1.29 is 0 Å². The van der Waals surface area contributed by atoms with Crippen LogP contribution >= 0.6 is 23.4 Å². The molecule has 15 heavy (non-hydrogen) atoms. The number of fused-ring (bicyclic) bond motifs is 1. The van der Waals surface area contributed by atoms with E-state index in [1.165, 1.54) is 10.6 Å². The molecule has 0 radical (unpaired) electrons. The zero-order chi connectivity index (χ0) is 10.8. The summed E-state index contributed by atoms with van der Waals surface area (Å²) in [6.45, 7) is 0.994. The zero-order valence-electron chi connectivity index (χ0n) is 8.96. The maximum Gasteiger partial charge on any atom is 0.0694 e. The molecule has 1 unspecified atom stereocenters. The van der Waals surface area contributed by atoms with Gasteiger partial charge in [-0.1, -0.05) is 17.7 Å². The summed E-state index contributed by atoms with van der Waals surface area (Å²) >= 11 is 8.12. The van der Waals surface area contributed by atoms with Crippen LogP contribution in [-0.4, -0.2) is 32.4 Å². The summed E-state index contributed by atoms with van der Waals surface area (Å²) in [5.74, 6) is 1.12. The molecule has 1 aromatic rings. The molecule has 0 amide bonds. The van der Waals surface area contributed by atoms with Crippen LogP contribution in [0.2, 0.25) is 5.02 Å². The summed E-state index contributed by atoms with van der Waals surface area (Å²) in [7, 11) is 4.10. The third kappa shape index (κ3) is 2.10. The molecule has 0 aromatic heterocycles. The van der Waals surface area contributed by atoms with Gasteiger partial charge in [-0.05, 0) is 19.2 Å². The number of rotatable bonds is 2. The van der Waals surface area contributed by atoms with Crippen molar-refractivity contribution in [2.45, 2.75) is 10.9 Å². The first-order valence-electron chi connectivity index (χ1n) is 5.02. The van der Waals surface area contributed by atoms with Gasteiger partial charge in [0.15, 0.2) is 0 Å². The normalized spacial score (nSPS) is 20.2. The fourth-order valence-electron chi connectivity index (χ4n) is 1.87. The summed E-state index contributed by atoms with van der Waals surface area (Å²) in [5.41, 5.74) is 1.18. The van der Waals surface area contributed by atoms with Crippen LogP contribution in [-0.2, 0) is 0 Å². The molecule has 1 aromatic carbocycles. The van der Waals surface area contributed by atoms with Crippen LogP contribution in [0, 0.1) is 0 Å².